The highest BCUT2D eigenvalue weighted by Gasteiger charge is 2.41. The predicted octanol–water partition coefficient (Wildman–Crippen LogP) is 2.23. The maximum absolute atomic E-state index is 12.6. The van der Waals surface area contributed by atoms with Crippen LogP contribution in [0, 0.1) is 5.41 Å². The first kappa shape index (κ1) is 12.8. The van der Waals surface area contributed by atoms with Crippen molar-refractivity contribution in [1.82, 2.24) is 4.90 Å². The van der Waals surface area contributed by atoms with Gasteiger partial charge in [-0.3, -0.25) is 4.79 Å². The second-order valence-corrected chi connectivity index (χ2v) is 6.15. The van der Waals surface area contributed by atoms with Crippen molar-refractivity contribution in [1.29, 1.82) is 0 Å². The molecule has 0 aromatic heterocycles. The zero-order valence-corrected chi connectivity index (χ0v) is 11.4. The summed E-state index contributed by atoms with van der Waals surface area (Å²) in [5.41, 5.74) is 5.58. The van der Waals surface area contributed by atoms with Crippen molar-refractivity contribution in [2.45, 2.75) is 57.9 Å². The quantitative estimate of drug-likeness (QED) is 0.769. The number of thiocarbonyl (C=S) groups is 1. The molecular weight excluding hydrogens is 232 g/mol. The highest BCUT2D eigenvalue weighted by molar-refractivity contribution is 7.80. The molecule has 1 aliphatic heterocycles. The topological polar surface area (TPSA) is 46.3 Å². The molecule has 2 aliphatic rings. The summed E-state index contributed by atoms with van der Waals surface area (Å²) in [6, 6.07) is 0.0104. The molecule has 0 radical (unpaired) electrons. The summed E-state index contributed by atoms with van der Waals surface area (Å²) in [7, 11) is 0. The van der Waals surface area contributed by atoms with E-state index < -0.39 is 0 Å². The van der Waals surface area contributed by atoms with E-state index in [4.69, 9.17) is 18.0 Å². The lowest BCUT2D eigenvalue weighted by Crippen LogP contribution is -2.49. The van der Waals surface area contributed by atoms with Gasteiger partial charge in [0.15, 0.2) is 0 Å². The zero-order chi connectivity index (χ0) is 12.5. The Balaban J connectivity index is 2.10. The van der Waals surface area contributed by atoms with Gasteiger partial charge in [0.1, 0.15) is 0 Å². The summed E-state index contributed by atoms with van der Waals surface area (Å²) in [6.45, 7) is 2.94. The minimum atomic E-state index is -0.161. The van der Waals surface area contributed by atoms with Crippen molar-refractivity contribution in [3.63, 3.8) is 0 Å². The molecule has 1 unspecified atom stereocenters. The molecule has 2 N–H and O–H groups in total. The van der Waals surface area contributed by atoms with Crippen LogP contribution in [-0.4, -0.2) is 28.4 Å². The average molecular weight is 254 g/mol. The summed E-state index contributed by atoms with van der Waals surface area (Å²) in [4.78, 5) is 15.1. The zero-order valence-electron chi connectivity index (χ0n) is 10.6. The molecule has 17 heavy (non-hydrogen) atoms. The Bertz CT molecular complexity index is 323. The average Bonchev–Trinajstić information content (AvgIpc) is 2.77. The number of nitrogens with two attached hydrogens (primary N) is 1. The minimum absolute atomic E-state index is 0.0104. The highest BCUT2D eigenvalue weighted by Crippen LogP contribution is 2.39. The summed E-state index contributed by atoms with van der Waals surface area (Å²) >= 11 is 5.07. The van der Waals surface area contributed by atoms with Crippen LogP contribution in [-0.2, 0) is 4.79 Å². The normalized spacial score (nSPS) is 28.1. The third-order valence-electron chi connectivity index (χ3n) is 4.32. The molecule has 0 spiro atoms. The third-order valence-corrected chi connectivity index (χ3v) is 4.59. The van der Waals surface area contributed by atoms with Crippen molar-refractivity contribution < 1.29 is 4.79 Å². The fraction of sp³-hybridized carbons (Fsp3) is 0.846. The molecule has 1 saturated heterocycles. The van der Waals surface area contributed by atoms with Crippen molar-refractivity contribution in [2.24, 2.45) is 11.1 Å². The van der Waals surface area contributed by atoms with Gasteiger partial charge in [-0.05, 0) is 25.7 Å². The van der Waals surface area contributed by atoms with Gasteiger partial charge in [-0.1, -0.05) is 38.4 Å². The van der Waals surface area contributed by atoms with Crippen molar-refractivity contribution in [3.8, 4) is 0 Å². The van der Waals surface area contributed by atoms with E-state index in [1.807, 2.05) is 4.90 Å². The lowest BCUT2D eigenvalue weighted by Gasteiger charge is -2.37. The Morgan fingerprint density at radius 2 is 1.94 bits per heavy atom. The van der Waals surface area contributed by atoms with Gasteiger partial charge >= 0.3 is 0 Å². The van der Waals surface area contributed by atoms with E-state index in [2.05, 4.69) is 6.92 Å². The summed E-state index contributed by atoms with van der Waals surface area (Å²) < 4.78 is 0. The molecule has 1 heterocycles. The van der Waals surface area contributed by atoms with E-state index in [0.29, 0.717) is 4.99 Å². The highest BCUT2D eigenvalue weighted by atomic mass is 32.1. The van der Waals surface area contributed by atoms with Gasteiger partial charge in [-0.25, -0.2) is 0 Å². The van der Waals surface area contributed by atoms with Crippen LogP contribution in [0.3, 0.4) is 0 Å². The molecule has 0 aromatic rings. The first-order valence-corrected chi connectivity index (χ1v) is 7.06. The number of hydrogen-bond donors (Lipinski definition) is 1. The first-order valence-electron chi connectivity index (χ1n) is 6.65. The molecule has 1 amide bonds. The number of carbonyl (C=O) groups is 1. The Hall–Kier alpha value is -0.640. The second-order valence-electron chi connectivity index (χ2n) is 5.68. The Morgan fingerprint density at radius 3 is 2.53 bits per heavy atom. The van der Waals surface area contributed by atoms with Crippen LogP contribution in [0.2, 0.25) is 0 Å². The molecule has 1 atom stereocenters. The van der Waals surface area contributed by atoms with Crippen LogP contribution in [0.25, 0.3) is 0 Å². The summed E-state index contributed by atoms with van der Waals surface area (Å²) in [6.07, 6.45) is 7.63. The third kappa shape index (κ3) is 2.46. The smallest absolute Gasteiger partial charge is 0.229 e. The number of carbonyl (C=O) groups excluding carboxylic acids is 1. The standard InChI is InChI=1S/C13H22N2OS/c1-13(7-3-2-4-8-13)12(16)15-9-5-6-10(15)11(14)17/h10H,2-9H2,1H3,(H2,14,17). The van der Waals surface area contributed by atoms with E-state index in [1.165, 1.54) is 19.3 Å². The van der Waals surface area contributed by atoms with Gasteiger partial charge < -0.3 is 10.6 Å². The summed E-state index contributed by atoms with van der Waals surface area (Å²) in [5, 5.41) is 0. The largest absolute Gasteiger partial charge is 0.392 e. The van der Waals surface area contributed by atoms with Crippen LogP contribution < -0.4 is 5.73 Å². The predicted molar refractivity (Wildman–Crippen MR) is 72.7 cm³/mol. The Kier molecular flexibility index (Phi) is 3.71. The Labute approximate surface area is 109 Å². The van der Waals surface area contributed by atoms with Gasteiger partial charge in [0.05, 0.1) is 11.0 Å². The van der Waals surface area contributed by atoms with Crippen LogP contribution in [0.15, 0.2) is 0 Å². The van der Waals surface area contributed by atoms with Gasteiger partial charge in [0.25, 0.3) is 0 Å². The van der Waals surface area contributed by atoms with E-state index in [1.54, 1.807) is 0 Å². The summed E-state index contributed by atoms with van der Waals surface area (Å²) in [5.74, 6) is 0.285. The lowest BCUT2D eigenvalue weighted by molar-refractivity contribution is -0.142. The maximum Gasteiger partial charge on any atom is 0.229 e. The minimum Gasteiger partial charge on any atom is -0.392 e. The van der Waals surface area contributed by atoms with E-state index in [-0.39, 0.29) is 17.4 Å². The molecule has 0 bridgehead atoms. The number of rotatable bonds is 2. The second kappa shape index (κ2) is 4.92. The van der Waals surface area contributed by atoms with E-state index >= 15 is 0 Å². The van der Waals surface area contributed by atoms with Crippen molar-refractivity contribution >= 4 is 23.1 Å². The molecule has 2 fully saturated rings. The van der Waals surface area contributed by atoms with Gasteiger partial charge in [0.2, 0.25) is 5.91 Å². The molecule has 3 nitrogen and oxygen atoms in total. The molecule has 0 aromatic carbocycles. The number of likely N-dealkylation sites (tertiary alicyclic amines) is 1. The number of nitrogens with zero attached hydrogens (tertiary/aromatic N) is 1. The molecule has 1 saturated carbocycles. The fourth-order valence-corrected chi connectivity index (χ4v) is 3.44. The molecule has 4 heteroatoms. The van der Waals surface area contributed by atoms with Crippen LogP contribution >= 0.6 is 12.2 Å². The maximum atomic E-state index is 12.6. The van der Waals surface area contributed by atoms with Crippen LogP contribution in [0.5, 0.6) is 0 Å². The fourth-order valence-electron chi connectivity index (χ4n) is 3.20. The monoisotopic (exact) mass is 254 g/mol. The van der Waals surface area contributed by atoms with Crippen molar-refractivity contribution in [3.05, 3.63) is 0 Å². The van der Waals surface area contributed by atoms with Crippen molar-refractivity contribution in [2.75, 3.05) is 6.54 Å². The number of amides is 1. The molecular formula is C13H22N2OS. The van der Waals surface area contributed by atoms with Crippen LogP contribution in [0.4, 0.5) is 0 Å². The molecule has 96 valence electrons. The molecule has 2 rings (SSSR count). The molecule has 1 aliphatic carbocycles. The first-order chi connectivity index (χ1) is 8.04. The SMILES string of the molecule is CC1(C(=O)N2CCCC2C(N)=S)CCCCC1. The van der Waals surface area contributed by atoms with E-state index in [0.717, 1.165) is 32.2 Å². The van der Waals surface area contributed by atoms with Gasteiger partial charge in [-0.15, -0.1) is 0 Å². The van der Waals surface area contributed by atoms with E-state index in [9.17, 15) is 4.79 Å². The Morgan fingerprint density at radius 1 is 1.29 bits per heavy atom. The van der Waals surface area contributed by atoms with Gasteiger partial charge in [-0.2, -0.15) is 0 Å². The number of hydrogen-bond acceptors (Lipinski definition) is 2. The van der Waals surface area contributed by atoms with Crippen LogP contribution in [0.1, 0.15) is 51.9 Å². The van der Waals surface area contributed by atoms with Gasteiger partial charge in [0, 0.05) is 12.0 Å². The lowest BCUT2D eigenvalue weighted by atomic mass is 9.74.